The third-order valence-corrected chi connectivity index (χ3v) is 4.89. The van der Waals surface area contributed by atoms with Crippen LogP contribution in [0.4, 0.5) is 5.82 Å². The second-order valence-electron chi connectivity index (χ2n) is 5.17. The second-order valence-corrected chi connectivity index (χ2v) is 6.79. The molecule has 1 amide bonds. The summed E-state index contributed by atoms with van der Waals surface area (Å²) in [7, 11) is 0. The smallest absolute Gasteiger partial charge is 0.258 e. The maximum absolute atomic E-state index is 12.4. The van der Waals surface area contributed by atoms with Crippen LogP contribution in [0.1, 0.15) is 15.9 Å². The summed E-state index contributed by atoms with van der Waals surface area (Å²) >= 11 is 24.2. The monoisotopic (exact) mass is 413 g/mol. The van der Waals surface area contributed by atoms with E-state index in [1.54, 1.807) is 41.2 Å². The van der Waals surface area contributed by atoms with Gasteiger partial charge in [-0.1, -0.05) is 58.5 Å². The molecular weight excluding hydrogens is 404 g/mol. The van der Waals surface area contributed by atoms with Crippen molar-refractivity contribution in [3.63, 3.8) is 0 Å². The van der Waals surface area contributed by atoms with E-state index in [0.29, 0.717) is 33.0 Å². The maximum Gasteiger partial charge on any atom is 0.258 e. The molecule has 0 aliphatic heterocycles. The number of carbonyl (C=O) groups is 1. The van der Waals surface area contributed by atoms with Crippen molar-refractivity contribution in [3.05, 3.63) is 79.9 Å². The Balaban J connectivity index is 1.82. The number of nitrogens with zero attached hydrogens (tertiary/aromatic N) is 2. The molecule has 4 nitrogen and oxygen atoms in total. The standard InChI is InChI=1S/C17H11Cl4N3O/c18-11-4-5-12(14(20)8-11)17(25)23-15-6-7-22-24(15)9-10-2-1-3-13(19)16(10)21/h1-8H,9H2,(H,23,25). The number of nitrogens with one attached hydrogen (secondary N) is 1. The first-order valence-electron chi connectivity index (χ1n) is 7.17. The summed E-state index contributed by atoms with van der Waals surface area (Å²) in [5.74, 6) is 0.146. The summed E-state index contributed by atoms with van der Waals surface area (Å²) < 4.78 is 1.61. The molecule has 1 N–H and O–H groups in total. The van der Waals surface area contributed by atoms with E-state index in [1.807, 2.05) is 6.07 Å². The molecule has 0 aliphatic rings. The number of carbonyl (C=O) groups excluding carboxylic acids is 1. The number of hydrogen-bond acceptors (Lipinski definition) is 2. The first kappa shape index (κ1) is 18.1. The number of hydrogen-bond donors (Lipinski definition) is 1. The SMILES string of the molecule is O=C(Nc1ccnn1Cc1cccc(Cl)c1Cl)c1ccc(Cl)cc1Cl. The van der Waals surface area contributed by atoms with E-state index in [-0.39, 0.29) is 10.9 Å². The van der Waals surface area contributed by atoms with E-state index in [9.17, 15) is 4.79 Å². The van der Waals surface area contributed by atoms with Gasteiger partial charge in [-0.3, -0.25) is 4.79 Å². The van der Waals surface area contributed by atoms with Crippen molar-refractivity contribution in [2.24, 2.45) is 0 Å². The number of anilines is 1. The minimum atomic E-state index is -0.361. The number of halogens is 4. The van der Waals surface area contributed by atoms with Gasteiger partial charge in [0.15, 0.2) is 0 Å². The van der Waals surface area contributed by atoms with Crippen LogP contribution in [0.5, 0.6) is 0 Å². The van der Waals surface area contributed by atoms with Crippen molar-refractivity contribution in [2.45, 2.75) is 6.54 Å². The number of aromatic nitrogens is 2. The Morgan fingerprint density at radius 2 is 1.84 bits per heavy atom. The molecule has 0 radical (unpaired) electrons. The van der Waals surface area contributed by atoms with Crippen LogP contribution in [0.2, 0.25) is 20.1 Å². The Bertz CT molecular complexity index is 939. The fourth-order valence-electron chi connectivity index (χ4n) is 2.25. The van der Waals surface area contributed by atoms with E-state index in [0.717, 1.165) is 5.56 Å². The Hall–Kier alpha value is -1.72. The molecule has 1 heterocycles. The number of rotatable bonds is 4. The predicted molar refractivity (Wildman–Crippen MR) is 102 cm³/mol. The predicted octanol–water partition coefficient (Wildman–Crippen LogP) is 5.80. The quantitative estimate of drug-likeness (QED) is 0.586. The highest BCUT2D eigenvalue weighted by Gasteiger charge is 2.14. The van der Waals surface area contributed by atoms with Gasteiger partial charge >= 0.3 is 0 Å². The molecule has 0 fully saturated rings. The zero-order valence-corrected chi connectivity index (χ0v) is 15.7. The fraction of sp³-hybridized carbons (Fsp3) is 0.0588. The van der Waals surface area contributed by atoms with Crippen LogP contribution in [0.25, 0.3) is 0 Å². The Morgan fingerprint density at radius 3 is 2.60 bits per heavy atom. The van der Waals surface area contributed by atoms with Crippen LogP contribution in [0.3, 0.4) is 0 Å². The molecule has 0 saturated heterocycles. The van der Waals surface area contributed by atoms with E-state index in [1.165, 1.54) is 6.07 Å². The molecule has 25 heavy (non-hydrogen) atoms. The van der Waals surface area contributed by atoms with Crippen LogP contribution in [-0.2, 0) is 6.54 Å². The molecule has 0 atom stereocenters. The van der Waals surface area contributed by atoms with Gasteiger partial charge in [-0.05, 0) is 29.8 Å². The Kier molecular flexibility index (Phi) is 5.54. The Labute approximate surface area is 164 Å². The third-order valence-electron chi connectivity index (χ3n) is 3.49. The van der Waals surface area contributed by atoms with Crippen molar-refractivity contribution < 1.29 is 4.79 Å². The molecule has 1 aromatic heterocycles. The average molecular weight is 415 g/mol. The molecule has 0 aliphatic carbocycles. The van der Waals surface area contributed by atoms with Gasteiger partial charge < -0.3 is 5.32 Å². The zero-order valence-electron chi connectivity index (χ0n) is 12.6. The topological polar surface area (TPSA) is 46.9 Å². The second kappa shape index (κ2) is 7.67. The normalized spacial score (nSPS) is 10.7. The van der Waals surface area contributed by atoms with Crippen LogP contribution >= 0.6 is 46.4 Å². The Morgan fingerprint density at radius 1 is 1.04 bits per heavy atom. The molecule has 0 saturated carbocycles. The lowest BCUT2D eigenvalue weighted by molar-refractivity contribution is 0.102. The summed E-state index contributed by atoms with van der Waals surface area (Å²) in [6.07, 6.45) is 1.58. The van der Waals surface area contributed by atoms with Gasteiger partial charge in [0.05, 0.1) is 33.4 Å². The van der Waals surface area contributed by atoms with E-state index in [2.05, 4.69) is 10.4 Å². The lowest BCUT2D eigenvalue weighted by Crippen LogP contribution is -2.16. The summed E-state index contributed by atoms with van der Waals surface area (Å²) in [6.45, 7) is 0.357. The molecule has 8 heteroatoms. The maximum atomic E-state index is 12.4. The van der Waals surface area contributed by atoms with Gasteiger partial charge in [-0.25, -0.2) is 4.68 Å². The summed E-state index contributed by atoms with van der Waals surface area (Å²) in [5, 5.41) is 8.64. The van der Waals surface area contributed by atoms with Crippen molar-refractivity contribution in [1.29, 1.82) is 0 Å². The number of amides is 1. The van der Waals surface area contributed by atoms with Gasteiger partial charge in [0, 0.05) is 11.1 Å². The van der Waals surface area contributed by atoms with Crippen molar-refractivity contribution in [1.82, 2.24) is 9.78 Å². The van der Waals surface area contributed by atoms with Crippen molar-refractivity contribution >= 4 is 58.1 Å². The van der Waals surface area contributed by atoms with Crippen LogP contribution in [0, 0.1) is 0 Å². The first-order valence-corrected chi connectivity index (χ1v) is 8.68. The lowest BCUT2D eigenvalue weighted by atomic mass is 10.2. The highest BCUT2D eigenvalue weighted by atomic mass is 35.5. The summed E-state index contributed by atoms with van der Waals surface area (Å²) in [6, 6.07) is 11.7. The highest BCUT2D eigenvalue weighted by Crippen LogP contribution is 2.27. The van der Waals surface area contributed by atoms with Gasteiger partial charge in [-0.15, -0.1) is 0 Å². The molecule has 2 aromatic carbocycles. The lowest BCUT2D eigenvalue weighted by Gasteiger charge is -2.11. The summed E-state index contributed by atoms with van der Waals surface area (Å²) in [5.41, 5.74) is 1.11. The van der Waals surface area contributed by atoms with Gasteiger partial charge in [0.1, 0.15) is 5.82 Å². The van der Waals surface area contributed by atoms with Gasteiger partial charge in [0.25, 0.3) is 5.91 Å². The zero-order chi connectivity index (χ0) is 18.0. The largest absolute Gasteiger partial charge is 0.307 e. The molecule has 0 unspecified atom stereocenters. The van der Waals surface area contributed by atoms with Crippen LogP contribution < -0.4 is 5.32 Å². The van der Waals surface area contributed by atoms with E-state index in [4.69, 9.17) is 46.4 Å². The minimum Gasteiger partial charge on any atom is -0.307 e. The average Bonchev–Trinajstić information content (AvgIpc) is 2.98. The summed E-state index contributed by atoms with van der Waals surface area (Å²) in [4.78, 5) is 12.4. The minimum absolute atomic E-state index is 0.272. The van der Waals surface area contributed by atoms with Gasteiger partial charge in [-0.2, -0.15) is 5.10 Å². The molecular formula is C17H11Cl4N3O. The van der Waals surface area contributed by atoms with Crippen molar-refractivity contribution in [2.75, 3.05) is 5.32 Å². The van der Waals surface area contributed by atoms with E-state index < -0.39 is 0 Å². The molecule has 3 aromatic rings. The van der Waals surface area contributed by atoms with Crippen LogP contribution in [0.15, 0.2) is 48.7 Å². The van der Waals surface area contributed by atoms with Crippen LogP contribution in [-0.4, -0.2) is 15.7 Å². The molecule has 128 valence electrons. The highest BCUT2D eigenvalue weighted by molar-refractivity contribution is 6.42. The molecule has 0 bridgehead atoms. The first-order chi connectivity index (χ1) is 12.0. The fourth-order valence-corrected chi connectivity index (χ4v) is 3.13. The molecule has 3 rings (SSSR count). The molecule has 0 spiro atoms. The third kappa shape index (κ3) is 4.10. The van der Waals surface area contributed by atoms with E-state index >= 15 is 0 Å². The van der Waals surface area contributed by atoms with Crippen molar-refractivity contribution in [3.8, 4) is 0 Å². The van der Waals surface area contributed by atoms with Gasteiger partial charge in [0.2, 0.25) is 0 Å². The number of benzene rings is 2.